The molecule has 36 heavy (non-hydrogen) atoms. The van der Waals surface area contributed by atoms with E-state index in [1.165, 1.54) is 16.8 Å². The van der Waals surface area contributed by atoms with Crippen molar-refractivity contribution in [2.75, 3.05) is 31.6 Å². The number of aliphatic imine (C=N–C) groups is 1. The minimum absolute atomic E-state index is 0.0292. The van der Waals surface area contributed by atoms with Gasteiger partial charge in [-0.3, -0.25) is 14.7 Å². The number of hydrogen-bond acceptors (Lipinski definition) is 5. The number of nitrogens with zero attached hydrogens (tertiary/aromatic N) is 3. The molecule has 3 atom stereocenters. The van der Waals surface area contributed by atoms with E-state index in [2.05, 4.69) is 77.4 Å². The normalized spacial score (nSPS) is 23.5. The fraction of sp³-hybridized carbons (Fsp3) is 0.467. The predicted octanol–water partition coefficient (Wildman–Crippen LogP) is 5.36. The molecule has 0 aliphatic carbocycles. The molecule has 0 spiro atoms. The largest absolute Gasteiger partial charge is 0.493 e. The van der Waals surface area contributed by atoms with E-state index in [1.807, 2.05) is 18.3 Å². The average Bonchev–Trinajstić information content (AvgIpc) is 2.88. The Morgan fingerprint density at radius 1 is 1.22 bits per heavy atom. The van der Waals surface area contributed by atoms with Crippen LogP contribution < -0.4 is 15.0 Å². The van der Waals surface area contributed by atoms with Gasteiger partial charge in [-0.25, -0.2) is 0 Å². The Kier molecular flexibility index (Phi) is 7.42. The van der Waals surface area contributed by atoms with Gasteiger partial charge in [-0.15, -0.1) is 0 Å². The van der Waals surface area contributed by atoms with Crippen LogP contribution in [-0.4, -0.2) is 49.8 Å². The van der Waals surface area contributed by atoms with E-state index in [9.17, 15) is 4.79 Å². The van der Waals surface area contributed by atoms with Crippen molar-refractivity contribution in [3.63, 3.8) is 0 Å². The van der Waals surface area contributed by atoms with Crippen molar-refractivity contribution in [1.82, 2.24) is 10.2 Å². The molecule has 0 aromatic heterocycles. The summed E-state index contributed by atoms with van der Waals surface area (Å²) < 4.78 is 5.96. The smallest absolute Gasteiger partial charge is 0.251 e. The van der Waals surface area contributed by atoms with E-state index >= 15 is 0 Å². The number of likely N-dealkylation sites (tertiary alicyclic amines) is 1. The number of benzene rings is 2. The molecule has 1 fully saturated rings. The van der Waals surface area contributed by atoms with Gasteiger partial charge in [0, 0.05) is 60.8 Å². The van der Waals surface area contributed by atoms with Crippen LogP contribution in [0.2, 0.25) is 0 Å². The molecule has 5 rings (SSSR count). The lowest BCUT2D eigenvalue weighted by atomic mass is 9.80. The number of allylic oxidation sites excluding steroid dienone is 1. The number of para-hydroxylation sites is 1. The van der Waals surface area contributed by atoms with Crippen LogP contribution in [0, 0.1) is 5.92 Å². The number of rotatable bonds is 8. The molecular formula is C30H38N4O2. The second-order valence-electron chi connectivity index (χ2n) is 10.4. The third kappa shape index (κ3) is 5.19. The summed E-state index contributed by atoms with van der Waals surface area (Å²) in [5, 5.41) is 3.32. The molecule has 190 valence electrons. The molecule has 3 heterocycles. The van der Waals surface area contributed by atoms with Gasteiger partial charge in [-0.05, 0) is 69.0 Å². The van der Waals surface area contributed by atoms with E-state index in [1.54, 1.807) is 0 Å². The molecule has 1 amide bonds. The number of piperidine rings is 1. The van der Waals surface area contributed by atoms with Crippen LogP contribution in [-0.2, 0) is 6.54 Å². The van der Waals surface area contributed by atoms with Crippen molar-refractivity contribution >= 4 is 17.8 Å². The van der Waals surface area contributed by atoms with Crippen molar-refractivity contribution in [2.24, 2.45) is 10.9 Å². The summed E-state index contributed by atoms with van der Waals surface area (Å²) >= 11 is 0. The van der Waals surface area contributed by atoms with Gasteiger partial charge in [0.1, 0.15) is 5.75 Å². The van der Waals surface area contributed by atoms with Crippen molar-refractivity contribution in [3.8, 4) is 5.75 Å². The van der Waals surface area contributed by atoms with Gasteiger partial charge < -0.3 is 15.0 Å². The average molecular weight is 487 g/mol. The quantitative estimate of drug-likeness (QED) is 0.546. The van der Waals surface area contributed by atoms with E-state index in [4.69, 9.17) is 4.74 Å². The standard InChI is InChI=1S/C30H38N4O2/c1-4-16-36-28-10-6-5-8-24(28)19-34-15-7-9-25(20-34)32-30(35)23-11-12-27-26(18-23)29(33(27)3)22-13-14-31-21(2)17-22/h5-6,8,10-12,14,17-18,22,25,29H,4,7,9,13,15-16,19-20H2,1-3H3,(H,32,35). The Bertz CT molecular complexity index is 1160. The zero-order chi connectivity index (χ0) is 25.1. The summed E-state index contributed by atoms with van der Waals surface area (Å²) in [7, 11) is 2.14. The molecule has 3 unspecified atom stereocenters. The van der Waals surface area contributed by atoms with Crippen molar-refractivity contribution in [3.05, 3.63) is 70.9 Å². The molecule has 6 nitrogen and oxygen atoms in total. The van der Waals surface area contributed by atoms with Crippen LogP contribution in [0.5, 0.6) is 5.75 Å². The van der Waals surface area contributed by atoms with Crippen molar-refractivity contribution in [2.45, 2.75) is 58.2 Å². The summed E-state index contributed by atoms with van der Waals surface area (Å²) in [5.74, 6) is 1.40. The number of carbonyl (C=O) groups is 1. The van der Waals surface area contributed by atoms with Crippen molar-refractivity contribution < 1.29 is 9.53 Å². The molecule has 3 aliphatic heterocycles. The number of ether oxygens (including phenoxy) is 1. The Morgan fingerprint density at radius 2 is 2.08 bits per heavy atom. The van der Waals surface area contributed by atoms with Gasteiger partial charge >= 0.3 is 0 Å². The molecule has 1 N–H and O–H groups in total. The minimum Gasteiger partial charge on any atom is -0.493 e. The monoisotopic (exact) mass is 486 g/mol. The summed E-state index contributed by atoms with van der Waals surface area (Å²) in [6.45, 7) is 7.65. The summed E-state index contributed by atoms with van der Waals surface area (Å²) in [4.78, 5) is 22.4. The molecule has 2 aromatic rings. The predicted molar refractivity (Wildman–Crippen MR) is 146 cm³/mol. The maximum Gasteiger partial charge on any atom is 0.251 e. The van der Waals surface area contributed by atoms with Crippen LogP contribution >= 0.6 is 0 Å². The van der Waals surface area contributed by atoms with Gasteiger partial charge in [0.05, 0.1) is 12.6 Å². The number of carbonyl (C=O) groups excluding carboxylic acids is 1. The molecule has 1 saturated heterocycles. The lowest BCUT2D eigenvalue weighted by Gasteiger charge is -2.46. The highest BCUT2D eigenvalue weighted by Crippen LogP contribution is 2.48. The Labute approximate surface area is 215 Å². The van der Waals surface area contributed by atoms with E-state index < -0.39 is 0 Å². The summed E-state index contributed by atoms with van der Waals surface area (Å²) in [6, 6.07) is 14.9. The highest BCUT2D eigenvalue weighted by Gasteiger charge is 2.37. The summed E-state index contributed by atoms with van der Waals surface area (Å²) in [6.07, 6.45) is 8.31. The first-order valence-corrected chi connectivity index (χ1v) is 13.3. The van der Waals surface area contributed by atoms with Gasteiger partial charge in [0.2, 0.25) is 0 Å². The number of hydrogen-bond donors (Lipinski definition) is 1. The van der Waals surface area contributed by atoms with Crippen LogP contribution in [0.3, 0.4) is 0 Å². The fourth-order valence-corrected chi connectivity index (χ4v) is 5.84. The van der Waals surface area contributed by atoms with E-state index in [0.717, 1.165) is 68.9 Å². The molecule has 0 saturated carbocycles. The maximum absolute atomic E-state index is 13.3. The molecular weight excluding hydrogens is 448 g/mol. The van der Waals surface area contributed by atoms with Gasteiger partial charge in [0.25, 0.3) is 5.91 Å². The van der Waals surface area contributed by atoms with E-state index in [0.29, 0.717) is 12.0 Å². The Balaban J connectivity index is 1.22. The lowest BCUT2D eigenvalue weighted by Crippen LogP contribution is -2.47. The number of fused-ring (bicyclic) bond motifs is 1. The Hall–Kier alpha value is -3.12. The molecule has 3 aliphatic rings. The maximum atomic E-state index is 13.3. The molecule has 0 bridgehead atoms. The third-order valence-electron chi connectivity index (χ3n) is 7.61. The summed E-state index contributed by atoms with van der Waals surface area (Å²) in [5.41, 5.74) is 5.53. The van der Waals surface area contributed by atoms with Gasteiger partial charge in [0.15, 0.2) is 0 Å². The van der Waals surface area contributed by atoms with Crippen LogP contribution in [0.25, 0.3) is 0 Å². The van der Waals surface area contributed by atoms with Crippen molar-refractivity contribution in [1.29, 1.82) is 0 Å². The highest BCUT2D eigenvalue weighted by molar-refractivity contribution is 5.95. The first-order valence-electron chi connectivity index (χ1n) is 13.3. The first kappa shape index (κ1) is 24.6. The van der Waals surface area contributed by atoms with Crippen LogP contribution in [0.1, 0.15) is 67.1 Å². The lowest BCUT2D eigenvalue weighted by molar-refractivity contribution is 0.0900. The minimum atomic E-state index is 0.0292. The molecule has 6 heteroatoms. The Morgan fingerprint density at radius 3 is 2.92 bits per heavy atom. The SMILES string of the molecule is CCCOc1ccccc1CN1CCCC(NC(=O)c2ccc3c(c2)C(C2C=C(C)N=CC2)N3C)C1. The van der Waals surface area contributed by atoms with Crippen LogP contribution in [0.15, 0.2) is 59.2 Å². The zero-order valence-corrected chi connectivity index (χ0v) is 21.7. The molecule has 0 radical (unpaired) electrons. The van der Waals surface area contributed by atoms with Crippen LogP contribution in [0.4, 0.5) is 5.69 Å². The van der Waals surface area contributed by atoms with E-state index in [-0.39, 0.29) is 11.9 Å². The molecule has 2 aromatic carbocycles. The zero-order valence-electron chi connectivity index (χ0n) is 21.7. The van der Waals surface area contributed by atoms with Gasteiger partial charge in [-0.2, -0.15) is 0 Å². The highest BCUT2D eigenvalue weighted by atomic mass is 16.5. The topological polar surface area (TPSA) is 57.2 Å². The first-order chi connectivity index (χ1) is 17.5. The fourth-order valence-electron chi connectivity index (χ4n) is 5.84. The van der Waals surface area contributed by atoms with Gasteiger partial charge in [-0.1, -0.05) is 31.2 Å². The third-order valence-corrected chi connectivity index (χ3v) is 7.61. The second-order valence-corrected chi connectivity index (χ2v) is 10.4. The number of amides is 1. The second kappa shape index (κ2) is 10.9. The number of nitrogens with one attached hydrogen (secondary N) is 1. The number of anilines is 1.